The zero-order valence-corrected chi connectivity index (χ0v) is 14.9. The number of rotatable bonds is 6. The van der Waals surface area contributed by atoms with E-state index in [0.29, 0.717) is 0 Å². The third-order valence-corrected chi connectivity index (χ3v) is 4.97. The van der Waals surface area contributed by atoms with Gasteiger partial charge < -0.3 is 9.88 Å². The summed E-state index contributed by atoms with van der Waals surface area (Å²) in [6.45, 7) is 6.61. The second kappa shape index (κ2) is 7.37. The second-order valence-electron chi connectivity index (χ2n) is 6.94. The number of H-pyrrole nitrogens is 1. The molecule has 0 atom stereocenters. The van der Waals surface area contributed by atoms with Crippen molar-refractivity contribution < 1.29 is 0 Å². The molecule has 1 aliphatic heterocycles. The first kappa shape index (κ1) is 16.3. The predicted molar refractivity (Wildman–Crippen MR) is 99.3 cm³/mol. The van der Waals surface area contributed by atoms with Crippen molar-refractivity contribution in [2.75, 3.05) is 32.7 Å². The molecule has 4 rings (SSSR count). The van der Waals surface area contributed by atoms with Crippen LogP contribution < -0.4 is 0 Å². The van der Waals surface area contributed by atoms with Crippen LogP contribution in [0.3, 0.4) is 0 Å². The van der Waals surface area contributed by atoms with Gasteiger partial charge in [-0.25, -0.2) is 4.98 Å². The van der Waals surface area contributed by atoms with Crippen molar-refractivity contribution in [2.24, 2.45) is 7.05 Å². The van der Waals surface area contributed by atoms with Gasteiger partial charge in [0.25, 0.3) is 0 Å². The average molecular weight is 338 g/mol. The lowest BCUT2D eigenvalue weighted by atomic mass is 10.2. The Labute approximate surface area is 148 Å². The van der Waals surface area contributed by atoms with Crippen LogP contribution in [0.4, 0.5) is 0 Å². The molecule has 1 aromatic carbocycles. The third-order valence-electron chi connectivity index (χ3n) is 4.97. The topological polar surface area (TPSA) is 53.0 Å². The fraction of sp³-hybridized carbons (Fsp3) is 0.474. The Morgan fingerprint density at radius 2 is 1.88 bits per heavy atom. The zero-order chi connectivity index (χ0) is 17.1. The van der Waals surface area contributed by atoms with Crippen LogP contribution in [0, 0.1) is 0 Å². The number of imidazole rings is 1. The van der Waals surface area contributed by atoms with Crippen molar-refractivity contribution in [3.05, 3.63) is 48.0 Å². The first-order valence-electron chi connectivity index (χ1n) is 9.12. The molecule has 0 aliphatic carbocycles. The van der Waals surface area contributed by atoms with Crippen LogP contribution in [-0.2, 0) is 20.0 Å². The minimum atomic E-state index is 0.915. The highest BCUT2D eigenvalue weighted by Gasteiger charge is 2.17. The summed E-state index contributed by atoms with van der Waals surface area (Å²) in [5.41, 5.74) is 3.53. The van der Waals surface area contributed by atoms with Gasteiger partial charge in [-0.1, -0.05) is 12.1 Å². The van der Waals surface area contributed by atoms with Crippen LogP contribution >= 0.6 is 0 Å². The Morgan fingerprint density at radius 3 is 2.64 bits per heavy atom. The van der Waals surface area contributed by atoms with E-state index < -0.39 is 0 Å². The predicted octanol–water partition coefficient (Wildman–Crippen LogP) is 2.05. The molecule has 3 heterocycles. The van der Waals surface area contributed by atoms with Gasteiger partial charge in [0.2, 0.25) is 0 Å². The van der Waals surface area contributed by atoms with Gasteiger partial charge in [-0.2, -0.15) is 5.10 Å². The van der Waals surface area contributed by atoms with Gasteiger partial charge >= 0.3 is 0 Å². The first-order valence-corrected chi connectivity index (χ1v) is 9.12. The van der Waals surface area contributed by atoms with Gasteiger partial charge in [0.15, 0.2) is 0 Å². The lowest BCUT2D eigenvalue weighted by Gasteiger charge is -2.34. The van der Waals surface area contributed by atoms with Gasteiger partial charge in [0, 0.05) is 39.4 Å². The Kier molecular flexibility index (Phi) is 4.81. The molecular weight excluding hydrogens is 312 g/mol. The molecule has 6 heteroatoms. The smallest absolute Gasteiger partial charge is 0.121 e. The molecule has 0 unspecified atom stereocenters. The van der Waals surface area contributed by atoms with E-state index in [4.69, 9.17) is 4.98 Å². The summed E-state index contributed by atoms with van der Waals surface area (Å²) < 4.78 is 1.88. The van der Waals surface area contributed by atoms with Gasteiger partial charge in [0.05, 0.1) is 23.8 Å². The molecular formula is C19H26N6. The number of aromatic nitrogens is 4. The van der Waals surface area contributed by atoms with Crippen molar-refractivity contribution >= 4 is 11.0 Å². The van der Waals surface area contributed by atoms with E-state index in [1.165, 1.54) is 18.5 Å². The van der Waals surface area contributed by atoms with Gasteiger partial charge in [-0.05, 0) is 37.1 Å². The summed E-state index contributed by atoms with van der Waals surface area (Å²) in [5.74, 6) is 1.08. The highest BCUT2D eigenvalue weighted by atomic mass is 15.3. The molecule has 0 saturated carbocycles. The van der Waals surface area contributed by atoms with Crippen LogP contribution in [0.25, 0.3) is 11.0 Å². The number of hydrogen-bond donors (Lipinski definition) is 1. The number of hydrogen-bond acceptors (Lipinski definition) is 4. The van der Waals surface area contributed by atoms with E-state index >= 15 is 0 Å². The number of aromatic amines is 1. The fourth-order valence-corrected chi connectivity index (χ4v) is 3.57. The van der Waals surface area contributed by atoms with Crippen molar-refractivity contribution in [1.82, 2.24) is 29.5 Å². The van der Waals surface area contributed by atoms with E-state index in [2.05, 4.69) is 44.3 Å². The molecule has 3 aromatic rings. The van der Waals surface area contributed by atoms with Crippen LogP contribution in [0.15, 0.2) is 36.7 Å². The molecule has 2 aromatic heterocycles. The van der Waals surface area contributed by atoms with Crippen LogP contribution in [-0.4, -0.2) is 62.3 Å². The normalized spacial score (nSPS) is 16.7. The van der Waals surface area contributed by atoms with Crippen molar-refractivity contribution in [2.45, 2.75) is 19.4 Å². The minimum Gasteiger partial charge on any atom is -0.341 e. The number of fused-ring (bicyclic) bond motifs is 1. The molecule has 0 amide bonds. The molecule has 1 fully saturated rings. The Bertz CT molecular complexity index is 779. The molecule has 25 heavy (non-hydrogen) atoms. The number of aryl methyl sites for hydroxylation is 2. The molecule has 1 aliphatic rings. The molecule has 1 saturated heterocycles. The van der Waals surface area contributed by atoms with E-state index in [1.807, 2.05) is 24.0 Å². The SMILES string of the molecule is Cn1cc(CCCN2CCN(Cc3nc4ccccc4[nH]3)CC2)cn1. The minimum absolute atomic E-state index is 0.915. The zero-order valence-electron chi connectivity index (χ0n) is 14.9. The largest absolute Gasteiger partial charge is 0.341 e. The summed E-state index contributed by atoms with van der Waals surface area (Å²) in [6, 6.07) is 8.24. The number of nitrogens with zero attached hydrogens (tertiary/aromatic N) is 5. The molecule has 6 nitrogen and oxygen atoms in total. The Balaban J connectivity index is 1.21. The fourth-order valence-electron chi connectivity index (χ4n) is 3.57. The summed E-state index contributed by atoms with van der Waals surface area (Å²) in [5, 5.41) is 4.24. The average Bonchev–Trinajstić information content (AvgIpc) is 3.22. The van der Waals surface area contributed by atoms with Crippen molar-refractivity contribution in [3.8, 4) is 0 Å². The summed E-state index contributed by atoms with van der Waals surface area (Å²) in [7, 11) is 1.98. The number of para-hydroxylation sites is 2. The van der Waals surface area contributed by atoms with Crippen LogP contribution in [0.5, 0.6) is 0 Å². The van der Waals surface area contributed by atoms with Gasteiger partial charge in [-0.15, -0.1) is 0 Å². The Morgan fingerprint density at radius 1 is 1.08 bits per heavy atom. The van der Waals surface area contributed by atoms with E-state index in [1.54, 1.807) is 0 Å². The van der Waals surface area contributed by atoms with E-state index in [0.717, 1.165) is 56.0 Å². The molecule has 0 radical (unpaired) electrons. The Hall–Kier alpha value is -2.18. The first-order chi connectivity index (χ1) is 12.3. The second-order valence-corrected chi connectivity index (χ2v) is 6.94. The number of benzene rings is 1. The quantitative estimate of drug-likeness (QED) is 0.747. The summed E-state index contributed by atoms with van der Waals surface area (Å²) in [6.07, 6.45) is 6.42. The molecule has 1 N–H and O–H groups in total. The summed E-state index contributed by atoms with van der Waals surface area (Å²) in [4.78, 5) is 13.2. The number of nitrogens with one attached hydrogen (secondary N) is 1. The maximum absolute atomic E-state index is 4.69. The van der Waals surface area contributed by atoms with Crippen LogP contribution in [0.1, 0.15) is 17.8 Å². The van der Waals surface area contributed by atoms with Crippen molar-refractivity contribution in [3.63, 3.8) is 0 Å². The van der Waals surface area contributed by atoms with Crippen molar-refractivity contribution in [1.29, 1.82) is 0 Å². The lowest BCUT2D eigenvalue weighted by Crippen LogP contribution is -2.46. The molecule has 132 valence electrons. The standard InChI is InChI=1S/C19H26N6/c1-23-14-16(13-20-23)5-4-8-24-9-11-25(12-10-24)15-19-21-17-6-2-3-7-18(17)22-19/h2-3,6-7,13-14H,4-5,8-12,15H2,1H3,(H,21,22). The maximum atomic E-state index is 4.69. The van der Waals surface area contributed by atoms with E-state index in [-0.39, 0.29) is 0 Å². The molecule has 0 bridgehead atoms. The van der Waals surface area contributed by atoms with Crippen LogP contribution in [0.2, 0.25) is 0 Å². The van der Waals surface area contributed by atoms with Gasteiger partial charge in [-0.3, -0.25) is 9.58 Å². The maximum Gasteiger partial charge on any atom is 0.121 e. The third kappa shape index (κ3) is 4.08. The highest BCUT2D eigenvalue weighted by Crippen LogP contribution is 2.13. The lowest BCUT2D eigenvalue weighted by molar-refractivity contribution is 0.124. The number of piperazine rings is 1. The van der Waals surface area contributed by atoms with E-state index in [9.17, 15) is 0 Å². The molecule has 0 spiro atoms. The van der Waals surface area contributed by atoms with Gasteiger partial charge in [0.1, 0.15) is 5.82 Å². The summed E-state index contributed by atoms with van der Waals surface area (Å²) >= 11 is 0. The monoisotopic (exact) mass is 338 g/mol. The highest BCUT2D eigenvalue weighted by molar-refractivity contribution is 5.74.